The Balaban J connectivity index is 4.67. The van der Waals surface area contributed by atoms with Crippen LogP contribution in [-0.2, 0) is 23.6 Å². The van der Waals surface area contributed by atoms with Gasteiger partial charge in [0.05, 0.1) is 6.61 Å². The zero-order valence-electron chi connectivity index (χ0n) is 23.5. The molecular formula is C28H55O6PS. The van der Waals surface area contributed by atoms with Crippen LogP contribution in [0.25, 0.3) is 0 Å². The summed E-state index contributed by atoms with van der Waals surface area (Å²) in [5, 5.41) is 10.3. The van der Waals surface area contributed by atoms with Gasteiger partial charge in [0.25, 0.3) is 0 Å². The third-order valence-corrected chi connectivity index (χ3v) is 7.44. The predicted octanol–water partition coefficient (Wildman–Crippen LogP) is 8.80. The molecule has 0 aromatic rings. The molecule has 0 heterocycles. The SMILES string of the molecule is CCCCCCCCCCCC(CCCCCCC)CC(S)OC(CC)OC(O)(P=O)C(=O)OCC. The Bertz CT molecular complexity index is 538. The van der Waals surface area contributed by atoms with Crippen molar-refractivity contribution >= 4 is 27.1 Å². The maximum Gasteiger partial charge on any atom is 0.379 e. The molecule has 36 heavy (non-hydrogen) atoms. The van der Waals surface area contributed by atoms with E-state index in [0.29, 0.717) is 12.3 Å². The molecule has 0 rings (SSSR count). The van der Waals surface area contributed by atoms with E-state index in [1.165, 1.54) is 89.9 Å². The Morgan fingerprint density at radius 2 is 1.31 bits per heavy atom. The van der Waals surface area contributed by atoms with Crippen molar-refractivity contribution in [1.29, 1.82) is 0 Å². The van der Waals surface area contributed by atoms with E-state index in [4.69, 9.17) is 14.2 Å². The Morgan fingerprint density at radius 1 is 0.833 bits per heavy atom. The van der Waals surface area contributed by atoms with E-state index >= 15 is 0 Å². The second-order valence-electron chi connectivity index (χ2n) is 9.89. The van der Waals surface area contributed by atoms with Crippen LogP contribution in [-0.4, -0.2) is 34.9 Å². The molecule has 0 aliphatic rings. The van der Waals surface area contributed by atoms with Gasteiger partial charge in [-0.15, -0.1) is 12.6 Å². The fourth-order valence-corrected chi connectivity index (χ4v) is 5.13. The molecule has 0 amide bonds. The molecule has 0 spiro atoms. The van der Waals surface area contributed by atoms with Crippen LogP contribution < -0.4 is 0 Å². The van der Waals surface area contributed by atoms with Crippen molar-refractivity contribution < 1.29 is 28.7 Å². The normalized spacial score (nSPS) is 15.9. The number of thiol groups is 1. The summed E-state index contributed by atoms with van der Waals surface area (Å²) in [5.41, 5.74) is -2.97. The lowest BCUT2D eigenvalue weighted by atomic mass is 9.91. The van der Waals surface area contributed by atoms with E-state index in [0.717, 1.165) is 19.3 Å². The van der Waals surface area contributed by atoms with Gasteiger partial charge in [0.2, 0.25) is 8.46 Å². The quantitative estimate of drug-likeness (QED) is 0.0368. The highest BCUT2D eigenvalue weighted by atomic mass is 32.1. The van der Waals surface area contributed by atoms with Gasteiger partial charge in [0.1, 0.15) is 5.44 Å². The first-order chi connectivity index (χ1) is 17.4. The van der Waals surface area contributed by atoms with Crippen molar-refractivity contribution in [3.8, 4) is 0 Å². The van der Waals surface area contributed by atoms with Crippen LogP contribution in [0.2, 0.25) is 0 Å². The monoisotopic (exact) mass is 550 g/mol. The number of esters is 1. The molecular weight excluding hydrogens is 495 g/mol. The molecule has 0 saturated carbocycles. The standard InChI is InChI=1S/C28H55O6PS/c1-5-9-11-13-14-15-16-18-20-22-24(21-19-17-12-10-6-2)23-26(36)33-25(7-3)34-28(30,35-31)27(29)32-8-4/h24-26,30,36H,5-23H2,1-4H3. The average molecular weight is 551 g/mol. The molecule has 0 radical (unpaired) electrons. The minimum absolute atomic E-state index is 0.0473. The Morgan fingerprint density at radius 3 is 1.72 bits per heavy atom. The van der Waals surface area contributed by atoms with Crippen LogP contribution in [0.4, 0.5) is 0 Å². The highest BCUT2D eigenvalue weighted by molar-refractivity contribution is 7.80. The van der Waals surface area contributed by atoms with E-state index < -0.39 is 31.7 Å². The molecule has 4 unspecified atom stereocenters. The van der Waals surface area contributed by atoms with Crippen molar-refractivity contribution in [3.63, 3.8) is 0 Å². The summed E-state index contributed by atoms with van der Waals surface area (Å²) < 4.78 is 27.5. The van der Waals surface area contributed by atoms with E-state index in [9.17, 15) is 14.5 Å². The van der Waals surface area contributed by atoms with E-state index in [2.05, 4.69) is 26.5 Å². The minimum atomic E-state index is -2.57. The highest BCUT2D eigenvalue weighted by Crippen LogP contribution is 2.30. The van der Waals surface area contributed by atoms with E-state index in [1.807, 2.05) is 6.92 Å². The number of hydrogen-bond acceptors (Lipinski definition) is 7. The molecule has 0 fully saturated rings. The van der Waals surface area contributed by atoms with Crippen LogP contribution in [0.15, 0.2) is 0 Å². The van der Waals surface area contributed by atoms with Crippen molar-refractivity contribution in [3.05, 3.63) is 0 Å². The number of unbranched alkanes of at least 4 members (excludes halogenated alkanes) is 12. The number of hydrogen-bond donors (Lipinski definition) is 2. The van der Waals surface area contributed by atoms with Gasteiger partial charge in [-0.05, 0) is 25.7 Å². The maximum atomic E-state index is 12.0. The smallest absolute Gasteiger partial charge is 0.379 e. The first kappa shape index (κ1) is 35.8. The molecule has 1 N–H and O–H groups in total. The topological polar surface area (TPSA) is 82.1 Å². The molecule has 0 aromatic heterocycles. The van der Waals surface area contributed by atoms with Crippen LogP contribution in [0.5, 0.6) is 0 Å². The fourth-order valence-electron chi connectivity index (χ4n) is 4.40. The first-order valence-electron chi connectivity index (χ1n) is 14.6. The van der Waals surface area contributed by atoms with Crippen molar-refractivity contribution in [2.24, 2.45) is 5.92 Å². The molecule has 0 aliphatic carbocycles. The van der Waals surface area contributed by atoms with Crippen LogP contribution in [0.3, 0.4) is 0 Å². The Labute approximate surface area is 228 Å². The number of ether oxygens (including phenoxy) is 3. The number of carbonyl (C=O) groups is 1. The minimum Gasteiger partial charge on any atom is -0.461 e. The van der Waals surface area contributed by atoms with Crippen LogP contribution in [0.1, 0.15) is 143 Å². The molecule has 0 aromatic carbocycles. The number of rotatable bonds is 26. The molecule has 0 bridgehead atoms. The first-order valence-corrected chi connectivity index (χ1v) is 15.9. The summed E-state index contributed by atoms with van der Waals surface area (Å²) in [4.78, 5) is 12.0. The summed E-state index contributed by atoms with van der Waals surface area (Å²) in [6.07, 6.45) is 20.7. The van der Waals surface area contributed by atoms with Gasteiger partial charge in [-0.25, -0.2) is 4.79 Å². The lowest BCUT2D eigenvalue weighted by Crippen LogP contribution is -2.42. The summed E-state index contributed by atoms with van der Waals surface area (Å²) in [7, 11) is -0.884. The summed E-state index contributed by atoms with van der Waals surface area (Å²) >= 11 is 4.65. The fraction of sp³-hybridized carbons (Fsp3) is 0.964. The zero-order chi connectivity index (χ0) is 27.1. The molecule has 8 heteroatoms. The number of aliphatic hydroxyl groups is 1. The molecule has 214 valence electrons. The third-order valence-electron chi connectivity index (χ3n) is 6.57. The van der Waals surface area contributed by atoms with E-state index in [1.54, 1.807) is 6.92 Å². The highest BCUT2D eigenvalue weighted by Gasteiger charge is 2.43. The van der Waals surface area contributed by atoms with Gasteiger partial charge >= 0.3 is 11.5 Å². The molecule has 4 atom stereocenters. The maximum absolute atomic E-state index is 12.0. The third kappa shape index (κ3) is 18.1. The summed E-state index contributed by atoms with van der Waals surface area (Å²) in [6, 6.07) is 0. The van der Waals surface area contributed by atoms with Crippen molar-refractivity contribution in [2.75, 3.05) is 6.61 Å². The van der Waals surface area contributed by atoms with E-state index in [-0.39, 0.29) is 6.61 Å². The van der Waals surface area contributed by atoms with Crippen molar-refractivity contribution in [2.45, 2.75) is 161 Å². The van der Waals surface area contributed by atoms with Crippen LogP contribution in [0, 0.1) is 5.92 Å². The van der Waals surface area contributed by atoms with Gasteiger partial charge in [-0.2, -0.15) is 0 Å². The molecule has 0 aliphatic heterocycles. The molecule has 6 nitrogen and oxygen atoms in total. The Hall–Kier alpha value is -0.200. The van der Waals surface area contributed by atoms with Gasteiger partial charge in [0.15, 0.2) is 6.29 Å². The van der Waals surface area contributed by atoms with Gasteiger partial charge in [-0.3, -0.25) is 4.57 Å². The Kier molecular flexibility index (Phi) is 23.8. The van der Waals surface area contributed by atoms with Crippen molar-refractivity contribution in [1.82, 2.24) is 0 Å². The summed E-state index contributed by atoms with van der Waals surface area (Å²) in [5.74, 6) is -0.576. The number of carbonyl (C=O) groups excluding carboxylic acids is 1. The predicted molar refractivity (Wildman–Crippen MR) is 152 cm³/mol. The zero-order valence-corrected chi connectivity index (χ0v) is 25.3. The van der Waals surface area contributed by atoms with Gasteiger partial charge in [0, 0.05) is 0 Å². The molecule has 0 saturated heterocycles. The lowest BCUT2D eigenvalue weighted by molar-refractivity contribution is -0.258. The lowest BCUT2D eigenvalue weighted by Gasteiger charge is -2.28. The second kappa shape index (κ2) is 23.9. The average Bonchev–Trinajstić information content (AvgIpc) is 2.86. The van der Waals surface area contributed by atoms with Crippen LogP contribution >= 0.6 is 21.1 Å². The second-order valence-corrected chi connectivity index (χ2v) is 11.3. The summed E-state index contributed by atoms with van der Waals surface area (Å²) in [6.45, 7) is 7.95. The van der Waals surface area contributed by atoms with Gasteiger partial charge in [-0.1, -0.05) is 124 Å². The largest absolute Gasteiger partial charge is 0.461 e. The van der Waals surface area contributed by atoms with Gasteiger partial charge < -0.3 is 19.3 Å².